The second-order valence-electron chi connectivity index (χ2n) is 6.95. The maximum Gasteiger partial charge on any atom is 0.191 e. The van der Waals surface area contributed by atoms with Gasteiger partial charge in [0.25, 0.3) is 0 Å². The number of para-hydroxylation sites is 1. The summed E-state index contributed by atoms with van der Waals surface area (Å²) in [5, 5.41) is 8.02. The predicted molar refractivity (Wildman–Crippen MR) is 109 cm³/mol. The van der Waals surface area contributed by atoms with E-state index in [0.717, 1.165) is 31.0 Å². The van der Waals surface area contributed by atoms with Crippen LogP contribution < -0.4 is 10.6 Å². The number of guanidine groups is 1. The SMILES string of the molecule is CN=C(NCCCN1CCCCCC1)NCc1cccc2cccnc12. The fourth-order valence-electron chi connectivity index (χ4n) is 3.58. The van der Waals surface area contributed by atoms with Crippen molar-refractivity contribution in [2.45, 2.75) is 38.6 Å². The van der Waals surface area contributed by atoms with Gasteiger partial charge in [-0.2, -0.15) is 0 Å². The van der Waals surface area contributed by atoms with E-state index in [2.05, 4.69) is 49.8 Å². The monoisotopic (exact) mass is 353 g/mol. The van der Waals surface area contributed by atoms with Crippen molar-refractivity contribution in [1.29, 1.82) is 0 Å². The Balaban J connectivity index is 1.43. The zero-order valence-electron chi connectivity index (χ0n) is 15.9. The van der Waals surface area contributed by atoms with E-state index in [1.165, 1.54) is 56.3 Å². The van der Waals surface area contributed by atoms with Gasteiger partial charge in [0.1, 0.15) is 0 Å². The number of nitrogens with zero attached hydrogens (tertiary/aromatic N) is 3. The second-order valence-corrected chi connectivity index (χ2v) is 6.95. The Hall–Kier alpha value is -2.14. The molecule has 0 radical (unpaired) electrons. The Bertz CT molecular complexity index is 699. The number of pyridine rings is 1. The summed E-state index contributed by atoms with van der Waals surface area (Å²) < 4.78 is 0. The van der Waals surface area contributed by atoms with Gasteiger partial charge < -0.3 is 15.5 Å². The van der Waals surface area contributed by atoms with Crippen molar-refractivity contribution < 1.29 is 0 Å². The number of hydrogen-bond acceptors (Lipinski definition) is 3. The molecule has 140 valence electrons. The molecular weight excluding hydrogens is 322 g/mol. The lowest BCUT2D eigenvalue weighted by Crippen LogP contribution is -2.38. The molecule has 1 aromatic carbocycles. The highest BCUT2D eigenvalue weighted by atomic mass is 15.2. The molecule has 0 aliphatic carbocycles. The summed E-state index contributed by atoms with van der Waals surface area (Å²) in [7, 11) is 1.82. The minimum atomic E-state index is 0.722. The first-order valence-corrected chi connectivity index (χ1v) is 9.86. The Morgan fingerprint density at radius 1 is 1.08 bits per heavy atom. The summed E-state index contributed by atoms with van der Waals surface area (Å²) in [5.74, 6) is 0.855. The van der Waals surface area contributed by atoms with Crippen molar-refractivity contribution in [1.82, 2.24) is 20.5 Å². The number of aliphatic imine (C=N–C) groups is 1. The third kappa shape index (κ3) is 5.43. The fourth-order valence-corrected chi connectivity index (χ4v) is 3.58. The predicted octanol–water partition coefficient (Wildman–Crippen LogP) is 3.17. The molecule has 0 atom stereocenters. The Kier molecular flexibility index (Phi) is 7.25. The zero-order valence-corrected chi connectivity index (χ0v) is 15.9. The van der Waals surface area contributed by atoms with Crippen LogP contribution in [-0.4, -0.2) is 49.1 Å². The van der Waals surface area contributed by atoms with Gasteiger partial charge in [0.05, 0.1) is 5.52 Å². The molecule has 0 spiro atoms. The molecule has 1 aromatic heterocycles. The topological polar surface area (TPSA) is 52.6 Å². The molecule has 0 amide bonds. The van der Waals surface area contributed by atoms with Crippen LogP contribution in [-0.2, 0) is 6.54 Å². The zero-order chi connectivity index (χ0) is 18.0. The second kappa shape index (κ2) is 10.1. The van der Waals surface area contributed by atoms with Gasteiger partial charge >= 0.3 is 0 Å². The number of rotatable bonds is 6. The summed E-state index contributed by atoms with van der Waals surface area (Å²) in [6, 6.07) is 10.4. The van der Waals surface area contributed by atoms with E-state index in [4.69, 9.17) is 0 Å². The Morgan fingerprint density at radius 3 is 2.69 bits per heavy atom. The van der Waals surface area contributed by atoms with Crippen molar-refractivity contribution >= 4 is 16.9 Å². The van der Waals surface area contributed by atoms with Crippen molar-refractivity contribution in [3.63, 3.8) is 0 Å². The molecule has 2 N–H and O–H groups in total. The number of likely N-dealkylation sites (tertiary alicyclic amines) is 1. The van der Waals surface area contributed by atoms with E-state index in [9.17, 15) is 0 Å². The molecule has 2 heterocycles. The molecule has 5 nitrogen and oxygen atoms in total. The van der Waals surface area contributed by atoms with E-state index in [-0.39, 0.29) is 0 Å². The third-order valence-corrected chi connectivity index (χ3v) is 5.03. The van der Waals surface area contributed by atoms with E-state index in [0.29, 0.717) is 0 Å². The van der Waals surface area contributed by atoms with Crippen LogP contribution in [0.3, 0.4) is 0 Å². The average molecular weight is 354 g/mol. The van der Waals surface area contributed by atoms with Crippen LogP contribution in [0.1, 0.15) is 37.7 Å². The summed E-state index contributed by atoms with van der Waals surface area (Å²) >= 11 is 0. The lowest BCUT2D eigenvalue weighted by atomic mass is 10.1. The van der Waals surface area contributed by atoms with Gasteiger partial charge in [0.2, 0.25) is 0 Å². The Morgan fingerprint density at radius 2 is 1.88 bits per heavy atom. The first-order valence-electron chi connectivity index (χ1n) is 9.86. The average Bonchev–Trinajstić information content (AvgIpc) is 2.96. The summed E-state index contributed by atoms with van der Waals surface area (Å²) in [4.78, 5) is 11.5. The van der Waals surface area contributed by atoms with Crippen molar-refractivity contribution in [3.05, 3.63) is 42.1 Å². The molecule has 3 rings (SSSR count). The minimum Gasteiger partial charge on any atom is -0.356 e. The van der Waals surface area contributed by atoms with Crippen LogP contribution in [0, 0.1) is 0 Å². The lowest BCUT2D eigenvalue weighted by Gasteiger charge is -2.20. The molecule has 2 aromatic rings. The van der Waals surface area contributed by atoms with Gasteiger partial charge in [-0.1, -0.05) is 37.1 Å². The van der Waals surface area contributed by atoms with E-state index in [1.54, 1.807) is 0 Å². The van der Waals surface area contributed by atoms with Crippen LogP contribution >= 0.6 is 0 Å². The summed E-state index contributed by atoms with van der Waals surface area (Å²) in [6.07, 6.45) is 8.51. The maximum absolute atomic E-state index is 4.51. The van der Waals surface area contributed by atoms with Crippen LogP contribution in [0.25, 0.3) is 10.9 Å². The molecular formula is C21H31N5. The molecule has 0 saturated carbocycles. The highest BCUT2D eigenvalue weighted by Gasteiger charge is 2.08. The maximum atomic E-state index is 4.51. The Labute approximate surface area is 156 Å². The number of nitrogens with one attached hydrogen (secondary N) is 2. The lowest BCUT2D eigenvalue weighted by molar-refractivity contribution is 0.282. The smallest absolute Gasteiger partial charge is 0.191 e. The third-order valence-electron chi connectivity index (χ3n) is 5.03. The van der Waals surface area contributed by atoms with Crippen LogP contribution in [0.2, 0.25) is 0 Å². The highest BCUT2D eigenvalue weighted by Crippen LogP contribution is 2.15. The first kappa shape index (κ1) is 18.6. The fraction of sp³-hybridized carbons (Fsp3) is 0.524. The molecule has 0 unspecified atom stereocenters. The van der Waals surface area contributed by atoms with Crippen molar-refractivity contribution in [3.8, 4) is 0 Å². The van der Waals surface area contributed by atoms with Crippen LogP contribution in [0.5, 0.6) is 0 Å². The van der Waals surface area contributed by atoms with E-state index >= 15 is 0 Å². The number of hydrogen-bond donors (Lipinski definition) is 2. The molecule has 26 heavy (non-hydrogen) atoms. The molecule has 1 saturated heterocycles. The van der Waals surface area contributed by atoms with Gasteiger partial charge in [0.15, 0.2) is 5.96 Å². The van der Waals surface area contributed by atoms with Crippen LogP contribution in [0.4, 0.5) is 0 Å². The van der Waals surface area contributed by atoms with Gasteiger partial charge in [-0.05, 0) is 50.5 Å². The van der Waals surface area contributed by atoms with Gasteiger partial charge in [-0.25, -0.2) is 0 Å². The normalized spacial score (nSPS) is 16.4. The van der Waals surface area contributed by atoms with Crippen molar-refractivity contribution in [2.24, 2.45) is 4.99 Å². The standard InChI is InChI=1S/C21H31N5/c1-22-21(24-13-8-16-26-14-4-2-3-5-15-26)25-17-19-10-6-9-18-11-7-12-23-20(18)19/h6-7,9-12H,2-5,8,13-17H2,1H3,(H2,22,24,25). The molecule has 0 bridgehead atoms. The largest absolute Gasteiger partial charge is 0.356 e. The number of benzene rings is 1. The highest BCUT2D eigenvalue weighted by molar-refractivity contribution is 5.83. The van der Waals surface area contributed by atoms with Gasteiger partial charge in [-0.3, -0.25) is 9.98 Å². The summed E-state index contributed by atoms with van der Waals surface area (Å²) in [5.41, 5.74) is 2.25. The van der Waals surface area contributed by atoms with Crippen LogP contribution in [0.15, 0.2) is 41.5 Å². The first-order chi connectivity index (χ1) is 12.9. The summed E-state index contributed by atoms with van der Waals surface area (Å²) in [6.45, 7) is 5.38. The van der Waals surface area contributed by atoms with E-state index < -0.39 is 0 Å². The quantitative estimate of drug-likeness (QED) is 0.476. The number of fused-ring (bicyclic) bond motifs is 1. The van der Waals surface area contributed by atoms with E-state index in [1.807, 2.05) is 19.3 Å². The molecule has 5 heteroatoms. The minimum absolute atomic E-state index is 0.722. The molecule has 1 aliphatic rings. The van der Waals surface area contributed by atoms with Gasteiger partial charge in [0, 0.05) is 31.7 Å². The molecule has 1 aliphatic heterocycles. The van der Waals surface area contributed by atoms with Crippen molar-refractivity contribution in [2.75, 3.05) is 33.2 Å². The number of aromatic nitrogens is 1. The van der Waals surface area contributed by atoms with Gasteiger partial charge in [-0.15, -0.1) is 0 Å². The molecule has 1 fully saturated rings.